The number of carboxylic acids is 1. The predicted molar refractivity (Wildman–Crippen MR) is 130 cm³/mol. The summed E-state index contributed by atoms with van der Waals surface area (Å²) in [7, 11) is -4.09. The highest BCUT2D eigenvalue weighted by molar-refractivity contribution is 7.89. The number of hydrogen-bond acceptors (Lipinski definition) is 5. The Morgan fingerprint density at radius 1 is 1.03 bits per heavy atom. The SMILES string of the molecule is O=C(O)C(CCCN1Cc2ccccc2C1=O)NS(=O)(=O)c1ccc(Oc2ccc(Cl)cc2)cc1. The van der Waals surface area contributed by atoms with Crippen molar-refractivity contribution in [3.63, 3.8) is 0 Å². The summed E-state index contributed by atoms with van der Waals surface area (Å²) in [5.41, 5.74) is 1.57. The molecule has 0 saturated carbocycles. The number of carbonyl (C=O) groups excluding carboxylic acids is 1. The number of rotatable bonds is 10. The summed E-state index contributed by atoms with van der Waals surface area (Å²) in [6.07, 6.45) is 0.361. The lowest BCUT2D eigenvalue weighted by atomic mass is 10.1. The van der Waals surface area contributed by atoms with E-state index in [1.165, 1.54) is 24.3 Å². The second kappa shape index (κ2) is 10.5. The fourth-order valence-corrected chi connectivity index (χ4v) is 5.14. The maximum Gasteiger partial charge on any atom is 0.321 e. The van der Waals surface area contributed by atoms with Crippen LogP contribution in [0.4, 0.5) is 0 Å². The first-order chi connectivity index (χ1) is 16.7. The minimum Gasteiger partial charge on any atom is -0.480 e. The fourth-order valence-electron chi connectivity index (χ4n) is 3.80. The van der Waals surface area contributed by atoms with E-state index in [-0.39, 0.29) is 17.2 Å². The van der Waals surface area contributed by atoms with E-state index in [1.54, 1.807) is 41.3 Å². The molecule has 1 amide bonds. The van der Waals surface area contributed by atoms with Gasteiger partial charge in [-0.25, -0.2) is 8.42 Å². The van der Waals surface area contributed by atoms with Crippen LogP contribution in [0, 0.1) is 0 Å². The molecule has 0 saturated heterocycles. The van der Waals surface area contributed by atoms with Crippen LogP contribution in [-0.2, 0) is 21.4 Å². The van der Waals surface area contributed by atoms with E-state index in [0.717, 1.165) is 5.56 Å². The van der Waals surface area contributed by atoms with Crippen LogP contribution in [0.5, 0.6) is 11.5 Å². The van der Waals surface area contributed by atoms with Gasteiger partial charge in [0.25, 0.3) is 5.91 Å². The van der Waals surface area contributed by atoms with Crippen LogP contribution < -0.4 is 9.46 Å². The Morgan fingerprint density at radius 2 is 1.66 bits per heavy atom. The molecule has 0 radical (unpaired) electrons. The zero-order chi connectivity index (χ0) is 25.0. The molecular weight excluding hydrogens is 492 g/mol. The number of carboxylic acid groups (broad SMARTS) is 1. The quantitative estimate of drug-likeness (QED) is 0.417. The molecule has 35 heavy (non-hydrogen) atoms. The maximum absolute atomic E-state index is 12.8. The van der Waals surface area contributed by atoms with E-state index < -0.39 is 22.0 Å². The average Bonchev–Trinajstić information content (AvgIpc) is 3.15. The first-order valence-corrected chi connectivity index (χ1v) is 12.7. The van der Waals surface area contributed by atoms with Gasteiger partial charge < -0.3 is 14.7 Å². The van der Waals surface area contributed by atoms with Gasteiger partial charge >= 0.3 is 5.97 Å². The Labute approximate surface area is 208 Å². The summed E-state index contributed by atoms with van der Waals surface area (Å²) < 4.78 is 33.5. The molecule has 0 spiro atoms. The summed E-state index contributed by atoms with van der Waals surface area (Å²) >= 11 is 5.85. The summed E-state index contributed by atoms with van der Waals surface area (Å²) in [4.78, 5) is 25.7. The van der Waals surface area contributed by atoms with Crippen LogP contribution in [0.3, 0.4) is 0 Å². The second-order valence-corrected chi connectivity index (χ2v) is 10.2. The minimum atomic E-state index is -4.09. The molecule has 1 heterocycles. The summed E-state index contributed by atoms with van der Waals surface area (Å²) in [5.74, 6) is -0.438. The number of sulfonamides is 1. The molecule has 1 aliphatic rings. The molecule has 2 N–H and O–H groups in total. The van der Waals surface area contributed by atoms with Crippen molar-refractivity contribution < 1.29 is 27.9 Å². The predicted octanol–water partition coefficient (Wildman–Crippen LogP) is 4.30. The highest BCUT2D eigenvalue weighted by atomic mass is 35.5. The molecule has 1 atom stereocenters. The van der Waals surface area contributed by atoms with Crippen molar-refractivity contribution in [3.05, 3.63) is 88.9 Å². The Hall–Kier alpha value is -3.40. The number of amides is 1. The average molecular weight is 515 g/mol. The molecule has 3 aromatic carbocycles. The van der Waals surface area contributed by atoms with Crippen LogP contribution in [0.1, 0.15) is 28.8 Å². The van der Waals surface area contributed by atoms with Crippen LogP contribution in [0.15, 0.2) is 77.7 Å². The van der Waals surface area contributed by atoms with Crippen LogP contribution >= 0.6 is 11.6 Å². The number of nitrogens with zero attached hydrogens (tertiary/aromatic N) is 1. The second-order valence-electron chi connectivity index (χ2n) is 8.07. The smallest absolute Gasteiger partial charge is 0.321 e. The van der Waals surface area contributed by atoms with Gasteiger partial charge in [0.2, 0.25) is 10.0 Å². The van der Waals surface area contributed by atoms with E-state index in [9.17, 15) is 23.1 Å². The van der Waals surface area contributed by atoms with Gasteiger partial charge in [-0.05, 0) is 73.0 Å². The number of aliphatic carboxylic acids is 1. The number of nitrogens with one attached hydrogen (secondary N) is 1. The zero-order valence-electron chi connectivity index (χ0n) is 18.6. The van der Waals surface area contributed by atoms with Gasteiger partial charge in [-0.2, -0.15) is 4.72 Å². The van der Waals surface area contributed by atoms with Gasteiger partial charge in [-0.3, -0.25) is 9.59 Å². The molecule has 10 heteroatoms. The lowest BCUT2D eigenvalue weighted by Gasteiger charge is -2.18. The molecule has 3 aromatic rings. The van der Waals surface area contributed by atoms with Crippen molar-refractivity contribution in [2.45, 2.75) is 30.3 Å². The maximum atomic E-state index is 12.8. The standard InChI is InChI=1S/C25H23ClN2O6S/c26-18-7-9-19(10-8-18)34-20-11-13-21(14-12-20)35(32,33)27-23(25(30)31)6-3-15-28-16-17-4-1-2-5-22(17)24(28)29/h1-2,4-5,7-14,23,27H,3,6,15-16H2,(H,30,31). The minimum absolute atomic E-state index is 0.0342. The first kappa shape index (κ1) is 24.7. The van der Waals surface area contributed by atoms with Gasteiger partial charge in [0.1, 0.15) is 17.5 Å². The summed E-state index contributed by atoms with van der Waals surface area (Å²) in [6.45, 7) is 0.790. The third kappa shape index (κ3) is 6.00. The molecule has 0 bridgehead atoms. The van der Waals surface area contributed by atoms with E-state index in [1.807, 2.05) is 12.1 Å². The van der Waals surface area contributed by atoms with Crippen molar-refractivity contribution in [2.24, 2.45) is 0 Å². The number of carbonyl (C=O) groups is 2. The zero-order valence-corrected chi connectivity index (χ0v) is 20.1. The Morgan fingerprint density at radius 3 is 2.29 bits per heavy atom. The van der Waals surface area contributed by atoms with E-state index in [2.05, 4.69) is 4.72 Å². The van der Waals surface area contributed by atoms with Crippen molar-refractivity contribution in [1.29, 1.82) is 0 Å². The first-order valence-electron chi connectivity index (χ1n) is 10.9. The summed E-state index contributed by atoms with van der Waals surface area (Å²) in [6, 6.07) is 18.3. The topological polar surface area (TPSA) is 113 Å². The molecule has 4 rings (SSSR count). The third-order valence-corrected chi connectivity index (χ3v) is 7.34. The molecule has 182 valence electrons. The van der Waals surface area contributed by atoms with Gasteiger partial charge in [-0.1, -0.05) is 29.8 Å². The van der Waals surface area contributed by atoms with Crippen LogP contribution in [0.25, 0.3) is 0 Å². The largest absolute Gasteiger partial charge is 0.480 e. The lowest BCUT2D eigenvalue weighted by molar-refractivity contribution is -0.139. The highest BCUT2D eigenvalue weighted by Gasteiger charge is 2.28. The van der Waals surface area contributed by atoms with Crippen molar-refractivity contribution in [1.82, 2.24) is 9.62 Å². The van der Waals surface area contributed by atoms with E-state index in [4.69, 9.17) is 16.3 Å². The molecule has 1 aliphatic heterocycles. The Bertz CT molecular complexity index is 1330. The monoisotopic (exact) mass is 514 g/mol. The van der Waals surface area contributed by atoms with E-state index in [0.29, 0.717) is 41.6 Å². The van der Waals surface area contributed by atoms with Crippen LogP contribution in [-0.4, -0.2) is 42.9 Å². The van der Waals surface area contributed by atoms with Gasteiger partial charge in [0.15, 0.2) is 0 Å². The molecular formula is C25H23ClN2O6S. The molecule has 0 aromatic heterocycles. The molecule has 0 fully saturated rings. The number of halogens is 1. The lowest BCUT2D eigenvalue weighted by Crippen LogP contribution is -2.41. The fraction of sp³-hybridized carbons (Fsp3) is 0.200. The molecule has 0 aliphatic carbocycles. The Balaban J connectivity index is 1.34. The van der Waals surface area contributed by atoms with Crippen molar-refractivity contribution >= 4 is 33.5 Å². The van der Waals surface area contributed by atoms with Crippen molar-refractivity contribution in [3.8, 4) is 11.5 Å². The summed E-state index contributed by atoms with van der Waals surface area (Å²) in [5, 5.41) is 10.1. The Kier molecular flexibility index (Phi) is 7.39. The molecule has 1 unspecified atom stereocenters. The normalized spacial score (nSPS) is 14.0. The van der Waals surface area contributed by atoms with Crippen molar-refractivity contribution in [2.75, 3.05) is 6.54 Å². The van der Waals surface area contributed by atoms with Gasteiger partial charge in [0.05, 0.1) is 4.90 Å². The molecule has 8 nitrogen and oxygen atoms in total. The van der Waals surface area contributed by atoms with Gasteiger partial charge in [-0.15, -0.1) is 0 Å². The number of hydrogen-bond donors (Lipinski definition) is 2. The number of benzene rings is 3. The highest BCUT2D eigenvalue weighted by Crippen LogP contribution is 2.25. The number of ether oxygens (including phenoxy) is 1. The third-order valence-electron chi connectivity index (χ3n) is 5.60. The van der Waals surface area contributed by atoms with Crippen LogP contribution in [0.2, 0.25) is 5.02 Å². The number of fused-ring (bicyclic) bond motifs is 1. The van der Waals surface area contributed by atoms with Gasteiger partial charge in [0, 0.05) is 23.7 Å². The van der Waals surface area contributed by atoms with E-state index >= 15 is 0 Å².